The third kappa shape index (κ3) is 3.78. The highest BCUT2D eigenvalue weighted by atomic mass is 32.1. The van der Waals surface area contributed by atoms with Crippen LogP contribution >= 0.6 is 12.6 Å². The van der Waals surface area contributed by atoms with Crippen molar-refractivity contribution in [2.75, 3.05) is 5.06 Å². The molecule has 0 aliphatic rings. The van der Waals surface area contributed by atoms with Gasteiger partial charge in [0.15, 0.2) is 5.75 Å². The first kappa shape index (κ1) is 16.3. The maximum absolute atomic E-state index is 11.8. The number of nitro benzene ring substituents is 1. The second kappa shape index (κ2) is 6.81. The molecule has 7 nitrogen and oxygen atoms in total. The van der Waals surface area contributed by atoms with Crippen molar-refractivity contribution in [2.24, 2.45) is 0 Å². The Morgan fingerprint density at radius 2 is 1.96 bits per heavy atom. The molecule has 2 aromatic carbocycles. The third-order valence-electron chi connectivity index (χ3n) is 2.85. The summed E-state index contributed by atoms with van der Waals surface area (Å²) < 4.78 is 0. The number of hydroxylamine groups is 1. The smallest absolute Gasteiger partial charge is 0.271 e. The third-order valence-corrected chi connectivity index (χ3v) is 3.23. The lowest BCUT2D eigenvalue weighted by molar-refractivity contribution is -0.384. The summed E-state index contributed by atoms with van der Waals surface area (Å²) in [6, 6.07) is 12.0. The molecular formula is C15H11N3O4S. The van der Waals surface area contributed by atoms with E-state index >= 15 is 0 Å². The first-order valence-electron chi connectivity index (χ1n) is 6.38. The Balaban J connectivity index is 2.38. The van der Waals surface area contributed by atoms with E-state index in [2.05, 4.69) is 12.6 Å². The van der Waals surface area contributed by atoms with Crippen molar-refractivity contribution < 1.29 is 14.6 Å². The largest absolute Gasteiger partial charge is 0.372 e. The number of amides is 1. The lowest BCUT2D eigenvalue weighted by Crippen LogP contribution is -2.32. The lowest BCUT2D eigenvalue weighted by atomic mass is 10.2. The number of carbonyl (C=O) groups excluding carboxylic acids is 1. The van der Waals surface area contributed by atoms with E-state index in [0.717, 1.165) is 5.06 Å². The predicted octanol–water partition coefficient (Wildman–Crippen LogP) is 3.10. The molecule has 0 unspecified atom stereocenters. The molecule has 116 valence electrons. The highest BCUT2D eigenvalue weighted by Gasteiger charge is 2.20. The van der Waals surface area contributed by atoms with E-state index < -0.39 is 10.8 Å². The number of nitrogens with zero attached hydrogens (tertiary/aromatic N) is 3. The van der Waals surface area contributed by atoms with Crippen LogP contribution in [0.4, 0.5) is 11.4 Å². The second-order valence-corrected chi connectivity index (χ2v) is 4.95. The SMILES string of the molecule is CC(=O)N(Oc1ccc(C#N)cc1)c1cc([N+](=O)[O-])ccc1S. The molecule has 0 aliphatic heterocycles. The summed E-state index contributed by atoms with van der Waals surface area (Å²) in [5, 5.41) is 20.6. The number of rotatable bonds is 4. The molecule has 0 bridgehead atoms. The normalized spacial score (nSPS) is 9.78. The number of anilines is 1. The number of nitro groups is 1. The summed E-state index contributed by atoms with van der Waals surface area (Å²) in [6.45, 7) is 1.26. The number of hydrogen-bond acceptors (Lipinski definition) is 6. The van der Waals surface area contributed by atoms with Gasteiger partial charge in [0.05, 0.1) is 16.6 Å². The van der Waals surface area contributed by atoms with Gasteiger partial charge in [0, 0.05) is 24.0 Å². The fourth-order valence-electron chi connectivity index (χ4n) is 1.77. The van der Waals surface area contributed by atoms with E-state index in [4.69, 9.17) is 10.1 Å². The minimum atomic E-state index is -0.573. The van der Waals surface area contributed by atoms with Gasteiger partial charge in [0.25, 0.3) is 11.6 Å². The van der Waals surface area contributed by atoms with E-state index in [1.54, 1.807) is 0 Å². The van der Waals surface area contributed by atoms with Crippen molar-refractivity contribution in [3.8, 4) is 11.8 Å². The predicted molar refractivity (Wildman–Crippen MR) is 85.3 cm³/mol. The molecule has 0 atom stereocenters. The van der Waals surface area contributed by atoms with Gasteiger partial charge >= 0.3 is 0 Å². The van der Waals surface area contributed by atoms with Crippen LogP contribution in [0.5, 0.6) is 5.75 Å². The van der Waals surface area contributed by atoms with Crippen molar-refractivity contribution in [1.29, 1.82) is 5.26 Å². The molecule has 0 saturated heterocycles. The molecule has 0 N–H and O–H groups in total. The first-order chi connectivity index (χ1) is 10.9. The van der Waals surface area contributed by atoms with Gasteiger partial charge in [0.2, 0.25) is 0 Å². The van der Waals surface area contributed by atoms with Gasteiger partial charge in [-0.3, -0.25) is 14.9 Å². The molecule has 0 fully saturated rings. The molecule has 0 spiro atoms. The summed E-state index contributed by atoms with van der Waals surface area (Å²) >= 11 is 4.21. The Morgan fingerprint density at radius 3 is 2.48 bits per heavy atom. The second-order valence-electron chi connectivity index (χ2n) is 4.47. The van der Waals surface area contributed by atoms with Crippen LogP contribution in [0.25, 0.3) is 0 Å². The first-order valence-corrected chi connectivity index (χ1v) is 6.83. The highest BCUT2D eigenvalue weighted by molar-refractivity contribution is 7.80. The molecule has 0 aliphatic carbocycles. The van der Waals surface area contributed by atoms with Crippen molar-refractivity contribution in [3.05, 3.63) is 58.1 Å². The van der Waals surface area contributed by atoms with E-state index in [1.165, 1.54) is 49.4 Å². The van der Waals surface area contributed by atoms with Crippen LogP contribution in [0.1, 0.15) is 12.5 Å². The summed E-state index contributed by atoms with van der Waals surface area (Å²) in [4.78, 5) is 28.0. The van der Waals surface area contributed by atoms with Crippen LogP contribution in [0, 0.1) is 21.4 Å². The topological polar surface area (TPSA) is 96.5 Å². The Bertz CT molecular complexity index is 799. The summed E-state index contributed by atoms with van der Waals surface area (Å²) in [5.74, 6) is -0.177. The van der Waals surface area contributed by atoms with Gasteiger partial charge in [-0.15, -0.1) is 17.7 Å². The number of benzene rings is 2. The zero-order valence-corrected chi connectivity index (χ0v) is 12.9. The van der Waals surface area contributed by atoms with Gasteiger partial charge in [-0.1, -0.05) is 0 Å². The fraction of sp³-hybridized carbons (Fsp3) is 0.0667. The Hall–Kier alpha value is -3.05. The summed E-state index contributed by atoms with van der Waals surface area (Å²) in [5.41, 5.74) is 0.406. The minimum absolute atomic E-state index is 0.152. The summed E-state index contributed by atoms with van der Waals surface area (Å²) in [6.07, 6.45) is 0. The number of thiol groups is 1. The van der Waals surface area contributed by atoms with Gasteiger partial charge in [-0.2, -0.15) is 5.26 Å². The minimum Gasteiger partial charge on any atom is -0.372 e. The molecule has 0 heterocycles. The van der Waals surface area contributed by atoms with Crippen molar-refractivity contribution in [2.45, 2.75) is 11.8 Å². The highest BCUT2D eigenvalue weighted by Crippen LogP contribution is 2.30. The molecule has 0 radical (unpaired) electrons. The van der Waals surface area contributed by atoms with Gasteiger partial charge in [0.1, 0.15) is 5.69 Å². The van der Waals surface area contributed by atoms with Gasteiger partial charge < -0.3 is 4.84 Å². The van der Waals surface area contributed by atoms with Crippen molar-refractivity contribution in [3.63, 3.8) is 0 Å². The van der Waals surface area contributed by atoms with Crippen LogP contribution in [-0.4, -0.2) is 10.8 Å². The monoisotopic (exact) mass is 329 g/mol. The van der Waals surface area contributed by atoms with Crippen LogP contribution in [-0.2, 0) is 4.79 Å². The Morgan fingerprint density at radius 1 is 1.30 bits per heavy atom. The number of nitriles is 1. The molecule has 0 saturated carbocycles. The number of hydrogen-bond donors (Lipinski definition) is 1. The zero-order valence-electron chi connectivity index (χ0n) is 12.0. The molecule has 8 heteroatoms. The van der Waals surface area contributed by atoms with Crippen LogP contribution in [0.15, 0.2) is 47.4 Å². The number of carbonyl (C=O) groups is 1. The van der Waals surface area contributed by atoms with E-state index in [-0.39, 0.29) is 11.4 Å². The average molecular weight is 329 g/mol. The molecule has 1 amide bonds. The molecule has 0 aromatic heterocycles. The molecule has 23 heavy (non-hydrogen) atoms. The quantitative estimate of drug-likeness (QED) is 0.528. The van der Waals surface area contributed by atoms with E-state index in [1.807, 2.05) is 6.07 Å². The van der Waals surface area contributed by atoms with Crippen molar-refractivity contribution in [1.82, 2.24) is 0 Å². The van der Waals surface area contributed by atoms with Gasteiger partial charge in [-0.25, -0.2) is 0 Å². The average Bonchev–Trinajstić information content (AvgIpc) is 2.53. The van der Waals surface area contributed by atoms with Crippen molar-refractivity contribution >= 4 is 29.9 Å². The number of non-ortho nitro benzene ring substituents is 1. The Labute approximate surface area is 137 Å². The fourth-order valence-corrected chi connectivity index (χ4v) is 2.00. The lowest BCUT2D eigenvalue weighted by Gasteiger charge is -2.22. The molecule has 2 rings (SSSR count). The van der Waals surface area contributed by atoms with Crippen LogP contribution < -0.4 is 9.90 Å². The molecular weight excluding hydrogens is 318 g/mol. The standard InChI is InChI=1S/C15H11N3O4S/c1-10(19)17(22-13-5-2-11(9-16)3-6-13)14-8-12(18(20)21)4-7-15(14)23/h2-8,23H,1H3. The van der Waals surface area contributed by atoms with E-state index in [9.17, 15) is 14.9 Å². The Kier molecular flexibility index (Phi) is 4.83. The van der Waals surface area contributed by atoms with E-state index in [0.29, 0.717) is 16.2 Å². The zero-order chi connectivity index (χ0) is 17.0. The maximum atomic E-state index is 11.8. The van der Waals surface area contributed by atoms with Crippen LogP contribution in [0.3, 0.4) is 0 Å². The maximum Gasteiger partial charge on any atom is 0.271 e. The van der Waals surface area contributed by atoms with Crippen LogP contribution in [0.2, 0.25) is 0 Å². The molecule has 2 aromatic rings. The summed E-state index contributed by atoms with van der Waals surface area (Å²) in [7, 11) is 0. The van der Waals surface area contributed by atoms with Gasteiger partial charge in [-0.05, 0) is 30.3 Å².